The van der Waals surface area contributed by atoms with Gasteiger partial charge in [0.25, 0.3) is 0 Å². The number of ether oxygens (including phenoxy) is 1. The van der Waals surface area contributed by atoms with Gasteiger partial charge >= 0.3 is 6.09 Å². The van der Waals surface area contributed by atoms with Crippen LogP contribution in [0.4, 0.5) is 10.5 Å². The number of benzene rings is 1. The number of anilines is 1. The minimum Gasteiger partial charge on any atom is -0.507 e. The first-order valence-corrected chi connectivity index (χ1v) is 6.19. The molecule has 2 N–H and O–H groups in total. The zero-order valence-electron chi connectivity index (χ0n) is 12.1. The SMILES string of the molecule is CC(=O)/C=C/c1cc(NC(=O)OC(C)(C)C)ccc1O. The molecule has 0 aliphatic heterocycles. The summed E-state index contributed by atoms with van der Waals surface area (Å²) in [7, 11) is 0. The van der Waals surface area contributed by atoms with Crippen LogP contribution in [-0.2, 0) is 9.53 Å². The summed E-state index contributed by atoms with van der Waals surface area (Å²) in [6.45, 7) is 6.72. The van der Waals surface area contributed by atoms with Crippen molar-refractivity contribution in [1.82, 2.24) is 0 Å². The third-order valence-electron chi connectivity index (χ3n) is 2.17. The third kappa shape index (κ3) is 5.56. The molecule has 1 amide bonds. The Morgan fingerprint density at radius 1 is 1.30 bits per heavy atom. The fourth-order valence-corrected chi connectivity index (χ4v) is 1.39. The van der Waals surface area contributed by atoms with Crippen LogP contribution in [-0.4, -0.2) is 22.6 Å². The first-order chi connectivity index (χ1) is 9.17. The van der Waals surface area contributed by atoms with Crippen LogP contribution in [0.5, 0.6) is 5.75 Å². The van der Waals surface area contributed by atoms with Crippen molar-refractivity contribution in [2.24, 2.45) is 0 Å². The first-order valence-electron chi connectivity index (χ1n) is 6.19. The Bertz CT molecular complexity index is 541. The van der Waals surface area contributed by atoms with Crippen molar-refractivity contribution in [2.75, 3.05) is 5.32 Å². The molecular weight excluding hydrogens is 258 g/mol. The van der Waals surface area contributed by atoms with Crippen molar-refractivity contribution in [2.45, 2.75) is 33.3 Å². The summed E-state index contributed by atoms with van der Waals surface area (Å²) in [4.78, 5) is 22.5. The number of hydrogen-bond acceptors (Lipinski definition) is 4. The largest absolute Gasteiger partial charge is 0.507 e. The lowest BCUT2D eigenvalue weighted by Crippen LogP contribution is -2.27. The highest BCUT2D eigenvalue weighted by Crippen LogP contribution is 2.23. The molecule has 20 heavy (non-hydrogen) atoms. The molecule has 0 atom stereocenters. The molecule has 1 aromatic carbocycles. The summed E-state index contributed by atoms with van der Waals surface area (Å²) in [5, 5.41) is 12.2. The summed E-state index contributed by atoms with van der Waals surface area (Å²) in [6, 6.07) is 4.54. The molecule has 1 aromatic rings. The Morgan fingerprint density at radius 3 is 2.50 bits per heavy atom. The smallest absolute Gasteiger partial charge is 0.412 e. The summed E-state index contributed by atoms with van der Waals surface area (Å²) in [5.41, 5.74) is 0.326. The molecule has 0 aliphatic rings. The Hall–Kier alpha value is -2.30. The van der Waals surface area contributed by atoms with Crippen molar-refractivity contribution in [1.29, 1.82) is 0 Å². The molecule has 5 nitrogen and oxygen atoms in total. The van der Waals surface area contributed by atoms with E-state index in [-0.39, 0.29) is 11.5 Å². The molecule has 5 heteroatoms. The number of carbonyl (C=O) groups is 2. The van der Waals surface area contributed by atoms with Crippen molar-refractivity contribution < 1.29 is 19.4 Å². The first kappa shape index (κ1) is 15.8. The minimum atomic E-state index is -0.585. The van der Waals surface area contributed by atoms with Gasteiger partial charge < -0.3 is 9.84 Å². The van der Waals surface area contributed by atoms with E-state index >= 15 is 0 Å². The average Bonchev–Trinajstić information content (AvgIpc) is 2.27. The summed E-state index contributed by atoms with van der Waals surface area (Å²) in [5.74, 6) is -0.104. The predicted molar refractivity (Wildman–Crippen MR) is 77.7 cm³/mol. The molecular formula is C15H19NO4. The number of ketones is 1. The number of phenols is 1. The number of nitrogens with one attached hydrogen (secondary N) is 1. The average molecular weight is 277 g/mol. The zero-order chi connectivity index (χ0) is 15.3. The van der Waals surface area contributed by atoms with Crippen LogP contribution in [0.3, 0.4) is 0 Å². The molecule has 1 rings (SSSR count). The van der Waals surface area contributed by atoms with E-state index in [1.54, 1.807) is 32.9 Å². The molecule has 0 aliphatic carbocycles. The molecule has 0 unspecified atom stereocenters. The van der Waals surface area contributed by atoms with Crippen LogP contribution in [0, 0.1) is 0 Å². The van der Waals surface area contributed by atoms with E-state index in [0.717, 1.165) is 0 Å². The molecule has 108 valence electrons. The van der Waals surface area contributed by atoms with Gasteiger partial charge in [-0.05, 0) is 58.0 Å². The number of aromatic hydroxyl groups is 1. The zero-order valence-corrected chi connectivity index (χ0v) is 12.1. The second kappa shape index (κ2) is 6.23. The van der Waals surface area contributed by atoms with Gasteiger partial charge in [-0.1, -0.05) is 0 Å². The van der Waals surface area contributed by atoms with Crippen LogP contribution in [0.25, 0.3) is 6.08 Å². The Morgan fingerprint density at radius 2 is 1.95 bits per heavy atom. The summed E-state index contributed by atoms with van der Waals surface area (Å²) < 4.78 is 5.13. The van der Waals surface area contributed by atoms with E-state index in [2.05, 4.69) is 5.32 Å². The van der Waals surface area contributed by atoms with Gasteiger partial charge in [0.2, 0.25) is 0 Å². The Balaban J connectivity index is 2.85. The molecule has 0 radical (unpaired) electrons. The van der Waals surface area contributed by atoms with Gasteiger partial charge in [0.05, 0.1) is 0 Å². The van der Waals surface area contributed by atoms with Gasteiger partial charge in [-0.3, -0.25) is 10.1 Å². The van der Waals surface area contributed by atoms with Gasteiger partial charge in [-0.15, -0.1) is 0 Å². The van der Waals surface area contributed by atoms with Crippen molar-refractivity contribution in [3.63, 3.8) is 0 Å². The lowest BCUT2D eigenvalue weighted by molar-refractivity contribution is -0.112. The van der Waals surface area contributed by atoms with Crippen LogP contribution in [0.2, 0.25) is 0 Å². The highest BCUT2D eigenvalue weighted by atomic mass is 16.6. The highest BCUT2D eigenvalue weighted by molar-refractivity contribution is 5.92. The third-order valence-corrected chi connectivity index (χ3v) is 2.17. The fourth-order valence-electron chi connectivity index (χ4n) is 1.39. The predicted octanol–water partition coefficient (Wildman–Crippen LogP) is 3.34. The highest BCUT2D eigenvalue weighted by Gasteiger charge is 2.16. The van der Waals surface area contributed by atoms with E-state index in [1.165, 1.54) is 25.1 Å². The maximum atomic E-state index is 11.6. The second-order valence-corrected chi connectivity index (χ2v) is 5.34. The van der Waals surface area contributed by atoms with Crippen molar-refractivity contribution >= 4 is 23.6 Å². The minimum absolute atomic E-state index is 0.0252. The molecule has 0 saturated heterocycles. The van der Waals surface area contributed by atoms with E-state index in [1.807, 2.05) is 0 Å². The standard InChI is InChI=1S/C15H19NO4/c1-10(17)5-6-11-9-12(7-8-13(11)18)16-14(19)20-15(2,3)4/h5-9,18H,1-4H3,(H,16,19)/b6-5+. The van der Waals surface area contributed by atoms with E-state index in [0.29, 0.717) is 11.3 Å². The van der Waals surface area contributed by atoms with Gasteiger partial charge in [-0.25, -0.2) is 4.79 Å². The van der Waals surface area contributed by atoms with E-state index < -0.39 is 11.7 Å². The molecule has 0 spiro atoms. The van der Waals surface area contributed by atoms with Crippen LogP contribution in [0.1, 0.15) is 33.3 Å². The lowest BCUT2D eigenvalue weighted by atomic mass is 10.1. The Labute approximate surface area is 118 Å². The van der Waals surface area contributed by atoms with Gasteiger partial charge in [0, 0.05) is 11.3 Å². The second-order valence-electron chi connectivity index (χ2n) is 5.34. The molecule has 0 saturated carbocycles. The number of carbonyl (C=O) groups excluding carboxylic acids is 2. The van der Waals surface area contributed by atoms with E-state index in [9.17, 15) is 14.7 Å². The molecule has 0 fully saturated rings. The van der Waals surface area contributed by atoms with Crippen LogP contribution in [0.15, 0.2) is 24.3 Å². The van der Waals surface area contributed by atoms with Crippen LogP contribution < -0.4 is 5.32 Å². The maximum Gasteiger partial charge on any atom is 0.412 e. The number of allylic oxidation sites excluding steroid dienone is 1. The number of amides is 1. The van der Waals surface area contributed by atoms with E-state index in [4.69, 9.17) is 4.74 Å². The molecule has 0 heterocycles. The number of phenolic OH excluding ortho intramolecular Hbond substituents is 1. The fraction of sp³-hybridized carbons (Fsp3) is 0.333. The summed E-state index contributed by atoms with van der Waals surface area (Å²) >= 11 is 0. The Kier molecular flexibility index (Phi) is 4.91. The van der Waals surface area contributed by atoms with Crippen molar-refractivity contribution in [3.8, 4) is 5.75 Å². The quantitative estimate of drug-likeness (QED) is 0.656. The lowest BCUT2D eigenvalue weighted by Gasteiger charge is -2.19. The van der Waals surface area contributed by atoms with Gasteiger partial charge in [0.1, 0.15) is 11.4 Å². The van der Waals surface area contributed by atoms with Gasteiger partial charge in [0.15, 0.2) is 5.78 Å². The molecule has 0 aromatic heterocycles. The number of hydrogen-bond donors (Lipinski definition) is 2. The van der Waals surface area contributed by atoms with Gasteiger partial charge in [-0.2, -0.15) is 0 Å². The maximum absolute atomic E-state index is 11.6. The van der Waals surface area contributed by atoms with Crippen LogP contribution >= 0.6 is 0 Å². The summed E-state index contributed by atoms with van der Waals surface area (Å²) in [6.07, 6.45) is 2.24. The monoisotopic (exact) mass is 277 g/mol. The van der Waals surface area contributed by atoms with Crippen molar-refractivity contribution in [3.05, 3.63) is 29.8 Å². The normalized spacial score (nSPS) is 11.4. The topological polar surface area (TPSA) is 75.6 Å². The molecule has 0 bridgehead atoms. The number of rotatable bonds is 3.